The molecule has 0 aliphatic rings. The molecule has 0 bridgehead atoms. The van der Waals surface area contributed by atoms with Crippen LogP contribution in [-0.2, 0) is 11.3 Å². The highest BCUT2D eigenvalue weighted by molar-refractivity contribution is 5.75. The molecule has 1 heterocycles. The number of aromatic nitrogens is 2. The Bertz CT molecular complexity index is 285. The highest BCUT2D eigenvalue weighted by Gasteiger charge is 1.99. The van der Waals surface area contributed by atoms with Crippen molar-refractivity contribution in [3.63, 3.8) is 0 Å². The Morgan fingerprint density at radius 3 is 2.94 bits per heavy atom. The molecule has 1 amide bonds. The minimum Gasteiger partial charge on any atom is -0.396 e. The van der Waals surface area contributed by atoms with Gasteiger partial charge in [0.05, 0.1) is 6.33 Å². The zero-order valence-corrected chi connectivity index (χ0v) is 9.43. The summed E-state index contributed by atoms with van der Waals surface area (Å²) in [7, 11) is 0. The molecule has 0 aliphatic heterocycles. The molecule has 1 aromatic heterocycles. The Labute approximate surface area is 95.5 Å². The number of carbonyl (C=O) groups excluding carboxylic acids is 1. The summed E-state index contributed by atoms with van der Waals surface area (Å²) in [6, 6.07) is 0. The van der Waals surface area contributed by atoms with Crippen LogP contribution in [0.2, 0.25) is 0 Å². The van der Waals surface area contributed by atoms with E-state index < -0.39 is 0 Å². The Morgan fingerprint density at radius 2 is 2.25 bits per heavy atom. The van der Waals surface area contributed by atoms with Crippen molar-refractivity contribution in [3.8, 4) is 0 Å². The average Bonchev–Trinajstić information content (AvgIpc) is 2.78. The first kappa shape index (κ1) is 12.7. The summed E-state index contributed by atoms with van der Waals surface area (Å²) in [6.07, 6.45) is 8.28. The summed E-state index contributed by atoms with van der Waals surface area (Å²) >= 11 is 0. The van der Waals surface area contributed by atoms with E-state index in [4.69, 9.17) is 5.11 Å². The van der Waals surface area contributed by atoms with Gasteiger partial charge in [-0.2, -0.15) is 0 Å². The molecular formula is C11H19N3O2. The fourth-order valence-electron chi connectivity index (χ4n) is 1.39. The molecule has 0 aliphatic carbocycles. The second kappa shape index (κ2) is 7.87. The Hall–Kier alpha value is -1.36. The number of aryl methyl sites for hydroxylation is 1. The number of unbranched alkanes of at least 4 members (excludes halogenated alkanes) is 1. The van der Waals surface area contributed by atoms with Crippen molar-refractivity contribution in [2.45, 2.75) is 32.2 Å². The molecule has 5 nitrogen and oxygen atoms in total. The maximum absolute atomic E-state index is 11.3. The summed E-state index contributed by atoms with van der Waals surface area (Å²) in [5, 5.41) is 11.4. The second-order valence-electron chi connectivity index (χ2n) is 3.68. The molecule has 0 radical (unpaired) electrons. The lowest BCUT2D eigenvalue weighted by molar-refractivity contribution is -0.121. The predicted molar refractivity (Wildman–Crippen MR) is 60.8 cm³/mol. The van der Waals surface area contributed by atoms with Crippen LogP contribution in [0.15, 0.2) is 18.7 Å². The average molecular weight is 225 g/mol. The largest absolute Gasteiger partial charge is 0.396 e. The highest BCUT2D eigenvalue weighted by Crippen LogP contribution is 1.94. The van der Waals surface area contributed by atoms with Gasteiger partial charge in [0.2, 0.25) is 5.91 Å². The van der Waals surface area contributed by atoms with E-state index in [2.05, 4.69) is 10.3 Å². The molecule has 5 heteroatoms. The Morgan fingerprint density at radius 1 is 1.38 bits per heavy atom. The van der Waals surface area contributed by atoms with E-state index in [0.717, 1.165) is 19.4 Å². The highest BCUT2D eigenvalue weighted by atomic mass is 16.2. The number of nitrogens with zero attached hydrogens (tertiary/aromatic N) is 2. The number of amides is 1. The quantitative estimate of drug-likeness (QED) is 0.635. The third kappa shape index (κ3) is 5.50. The van der Waals surface area contributed by atoms with Crippen LogP contribution in [-0.4, -0.2) is 33.7 Å². The van der Waals surface area contributed by atoms with Gasteiger partial charge in [0, 0.05) is 38.5 Å². The monoisotopic (exact) mass is 225 g/mol. The van der Waals surface area contributed by atoms with Gasteiger partial charge in [-0.3, -0.25) is 4.79 Å². The van der Waals surface area contributed by atoms with Crippen LogP contribution in [0.25, 0.3) is 0 Å². The molecule has 2 N–H and O–H groups in total. The molecule has 1 aromatic rings. The van der Waals surface area contributed by atoms with Crippen molar-refractivity contribution in [3.05, 3.63) is 18.7 Å². The molecule has 1 rings (SSSR count). The molecule has 0 unspecified atom stereocenters. The molecule has 16 heavy (non-hydrogen) atoms. The maximum Gasteiger partial charge on any atom is 0.219 e. The first-order valence-electron chi connectivity index (χ1n) is 5.66. The Balaban J connectivity index is 1.96. The van der Waals surface area contributed by atoms with Crippen LogP contribution < -0.4 is 5.32 Å². The third-order valence-corrected chi connectivity index (χ3v) is 2.29. The van der Waals surface area contributed by atoms with Crippen LogP contribution in [0, 0.1) is 0 Å². The standard InChI is InChI=1S/C11H19N3O2/c15-9-2-1-4-11(16)13-5-3-7-14-8-6-12-10-14/h6,8,10,15H,1-5,7,9H2,(H,13,16). The van der Waals surface area contributed by atoms with Crippen LogP contribution in [0.1, 0.15) is 25.7 Å². The van der Waals surface area contributed by atoms with Gasteiger partial charge in [-0.05, 0) is 19.3 Å². The SMILES string of the molecule is O=C(CCCCO)NCCCn1ccnc1. The van der Waals surface area contributed by atoms with Crippen molar-refractivity contribution < 1.29 is 9.90 Å². The van der Waals surface area contributed by atoms with E-state index in [1.165, 1.54) is 0 Å². The summed E-state index contributed by atoms with van der Waals surface area (Å²) in [5.41, 5.74) is 0. The van der Waals surface area contributed by atoms with Gasteiger partial charge in [0.15, 0.2) is 0 Å². The number of aliphatic hydroxyl groups is 1. The molecule has 0 fully saturated rings. The first-order valence-corrected chi connectivity index (χ1v) is 5.66. The third-order valence-electron chi connectivity index (χ3n) is 2.29. The normalized spacial score (nSPS) is 10.3. The van der Waals surface area contributed by atoms with E-state index >= 15 is 0 Å². The van der Waals surface area contributed by atoms with E-state index in [9.17, 15) is 4.79 Å². The zero-order valence-electron chi connectivity index (χ0n) is 9.43. The minimum absolute atomic E-state index is 0.0686. The number of imidazole rings is 1. The van der Waals surface area contributed by atoms with Gasteiger partial charge in [-0.15, -0.1) is 0 Å². The predicted octanol–water partition coefficient (Wildman–Crippen LogP) is 0.552. The van der Waals surface area contributed by atoms with Crippen molar-refractivity contribution >= 4 is 5.91 Å². The summed E-state index contributed by atoms with van der Waals surface area (Å²) < 4.78 is 1.98. The van der Waals surface area contributed by atoms with Crippen LogP contribution in [0.3, 0.4) is 0 Å². The van der Waals surface area contributed by atoms with Crippen LogP contribution in [0.5, 0.6) is 0 Å². The number of hydrogen-bond donors (Lipinski definition) is 2. The number of aliphatic hydroxyl groups excluding tert-OH is 1. The van der Waals surface area contributed by atoms with Gasteiger partial charge >= 0.3 is 0 Å². The van der Waals surface area contributed by atoms with Gasteiger partial charge in [-0.1, -0.05) is 0 Å². The lowest BCUT2D eigenvalue weighted by Gasteiger charge is -2.05. The topological polar surface area (TPSA) is 67.2 Å². The van der Waals surface area contributed by atoms with E-state index in [1.807, 2.05) is 10.8 Å². The van der Waals surface area contributed by atoms with Crippen molar-refractivity contribution in [1.82, 2.24) is 14.9 Å². The van der Waals surface area contributed by atoms with Crippen molar-refractivity contribution in [2.75, 3.05) is 13.2 Å². The van der Waals surface area contributed by atoms with Gasteiger partial charge in [0.1, 0.15) is 0 Å². The fraction of sp³-hybridized carbons (Fsp3) is 0.636. The summed E-state index contributed by atoms with van der Waals surface area (Å²) in [5.74, 6) is 0.0686. The lowest BCUT2D eigenvalue weighted by atomic mass is 10.2. The first-order chi connectivity index (χ1) is 7.83. The van der Waals surface area contributed by atoms with E-state index in [-0.39, 0.29) is 12.5 Å². The van der Waals surface area contributed by atoms with Gasteiger partial charge in [0.25, 0.3) is 0 Å². The van der Waals surface area contributed by atoms with E-state index in [0.29, 0.717) is 19.4 Å². The smallest absolute Gasteiger partial charge is 0.219 e. The molecule has 0 atom stereocenters. The van der Waals surface area contributed by atoms with Crippen LogP contribution in [0.4, 0.5) is 0 Å². The molecule has 90 valence electrons. The maximum atomic E-state index is 11.3. The summed E-state index contributed by atoms with van der Waals surface area (Å²) in [4.78, 5) is 15.2. The molecule has 0 spiro atoms. The molecule has 0 saturated heterocycles. The molecule has 0 aromatic carbocycles. The zero-order chi connectivity index (χ0) is 11.6. The molecule has 0 saturated carbocycles. The van der Waals surface area contributed by atoms with Crippen molar-refractivity contribution in [1.29, 1.82) is 0 Å². The number of carbonyl (C=O) groups is 1. The Kier molecular flexibility index (Phi) is 6.25. The van der Waals surface area contributed by atoms with Crippen LogP contribution >= 0.6 is 0 Å². The number of nitrogens with one attached hydrogen (secondary N) is 1. The minimum atomic E-state index is 0.0686. The number of hydrogen-bond acceptors (Lipinski definition) is 3. The second-order valence-corrected chi connectivity index (χ2v) is 3.68. The molecular weight excluding hydrogens is 206 g/mol. The van der Waals surface area contributed by atoms with Crippen molar-refractivity contribution in [2.24, 2.45) is 0 Å². The van der Waals surface area contributed by atoms with E-state index in [1.54, 1.807) is 12.5 Å². The fourth-order valence-corrected chi connectivity index (χ4v) is 1.39. The summed E-state index contributed by atoms with van der Waals surface area (Å²) in [6.45, 7) is 1.72. The van der Waals surface area contributed by atoms with Gasteiger partial charge in [-0.25, -0.2) is 4.98 Å². The lowest BCUT2D eigenvalue weighted by Crippen LogP contribution is -2.24. The number of rotatable bonds is 8. The van der Waals surface area contributed by atoms with Gasteiger partial charge < -0.3 is 15.0 Å².